The summed E-state index contributed by atoms with van der Waals surface area (Å²) in [7, 11) is 0. The number of imidazole rings is 1. The van der Waals surface area contributed by atoms with Gasteiger partial charge in [0.15, 0.2) is 0 Å². The zero-order valence-corrected chi connectivity index (χ0v) is 12.1. The van der Waals surface area contributed by atoms with E-state index in [0.29, 0.717) is 0 Å². The maximum atomic E-state index is 4.78. The Morgan fingerprint density at radius 3 is 2.55 bits per heavy atom. The number of hydrogen-bond acceptors (Lipinski definition) is 3. The lowest BCUT2D eigenvalue weighted by molar-refractivity contribution is 1.18. The van der Waals surface area contributed by atoms with Crippen LogP contribution in [-0.2, 0) is 0 Å². The Morgan fingerprint density at radius 1 is 0.864 bits per heavy atom. The van der Waals surface area contributed by atoms with Gasteiger partial charge < -0.3 is 0 Å². The van der Waals surface area contributed by atoms with Gasteiger partial charge in [-0.1, -0.05) is 12.1 Å². The van der Waals surface area contributed by atoms with Gasteiger partial charge in [0, 0.05) is 29.8 Å². The minimum atomic E-state index is 0.885. The van der Waals surface area contributed by atoms with Gasteiger partial charge >= 0.3 is 0 Å². The molecule has 106 valence electrons. The Kier molecular flexibility index (Phi) is 2.93. The van der Waals surface area contributed by atoms with Crippen LogP contribution in [0.2, 0.25) is 0 Å². The van der Waals surface area contributed by atoms with Gasteiger partial charge in [0.05, 0.1) is 11.4 Å². The molecule has 0 N–H and O–H groups in total. The lowest BCUT2D eigenvalue weighted by atomic mass is 10.1. The van der Waals surface area contributed by atoms with Gasteiger partial charge in [0.25, 0.3) is 0 Å². The summed E-state index contributed by atoms with van der Waals surface area (Å²) in [5, 5.41) is 0. The van der Waals surface area contributed by atoms with Crippen LogP contribution in [0.15, 0.2) is 67.1 Å². The average Bonchev–Trinajstić information content (AvgIpc) is 2.95. The van der Waals surface area contributed by atoms with E-state index in [1.165, 1.54) is 0 Å². The van der Waals surface area contributed by atoms with Gasteiger partial charge in [-0.15, -0.1) is 0 Å². The van der Waals surface area contributed by atoms with Crippen molar-refractivity contribution < 1.29 is 0 Å². The molecule has 0 saturated heterocycles. The van der Waals surface area contributed by atoms with Crippen molar-refractivity contribution in [1.82, 2.24) is 19.4 Å². The maximum absolute atomic E-state index is 4.78. The molecule has 4 heterocycles. The quantitative estimate of drug-likeness (QED) is 0.563. The summed E-state index contributed by atoms with van der Waals surface area (Å²) in [5.74, 6) is 0. The van der Waals surface area contributed by atoms with E-state index in [9.17, 15) is 0 Å². The SMILES string of the molecule is Cc1cccc(-c2nc3ccccn3c2-c2ccncc2)n1. The predicted molar refractivity (Wildman–Crippen MR) is 86.4 cm³/mol. The molecule has 0 unspecified atom stereocenters. The Labute approximate surface area is 128 Å². The molecule has 0 aliphatic carbocycles. The summed E-state index contributed by atoms with van der Waals surface area (Å²) in [5.41, 5.74) is 5.78. The second kappa shape index (κ2) is 5.07. The number of hydrogen-bond donors (Lipinski definition) is 0. The van der Waals surface area contributed by atoms with Gasteiger partial charge in [-0.2, -0.15) is 0 Å². The fraction of sp³-hybridized carbons (Fsp3) is 0.0556. The molecule has 4 rings (SSSR count). The van der Waals surface area contributed by atoms with Crippen molar-refractivity contribution in [3.8, 4) is 22.6 Å². The molecule has 0 aliphatic rings. The molecule has 4 aromatic rings. The summed E-state index contributed by atoms with van der Waals surface area (Å²) in [4.78, 5) is 13.5. The highest BCUT2D eigenvalue weighted by Gasteiger charge is 2.16. The number of rotatable bonds is 2. The first-order valence-electron chi connectivity index (χ1n) is 7.14. The molecule has 4 nitrogen and oxygen atoms in total. The van der Waals surface area contributed by atoms with Crippen molar-refractivity contribution in [2.45, 2.75) is 6.92 Å². The average molecular weight is 286 g/mol. The maximum Gasteiger partial charge on any atom is 0.138 e. The summed E-state index contributed by atoms with van der Waals surface area (Å²) < 4.78 is 2.09. The van der Waals surface area contributed by atoms with E-state index in [2.05, 4.69) is 14.4 Å². The topological polar surface area (TPSA) is 43.1 Å². The molecule has 0 aromatic carbocycles. The predicted octanol–water partition coefficient (Wildman–Crippen LogP) is 3.77. The Morgan fingerprint density at radius 2 is 1.73 bits per heavy atom. The fourth-order valence-corrected chi connectivity index (χ4v) is 2.63. The zero-order chi connectivity index (χ0) is 14.9. The number of aromatic nitrogens is 4. The molecular formula is C18H14N4. The fourth-order valence-electron chi connectivity index (χ4n) is 2.63. The number of aryl methyl sites for hydroxylation is 1. The highest BCUT2D eigenvalue weighted by molar-refractivity contribution is 5.80. The highest BCUT2D eigenvalue weighted by Crippen LogP contribution is 2.31. The lowest BCUT2D eigenvalue weighted by Gasteiger charge is -2.05. The smallest absolute Gasteiger partial charge is 0.138 e. The third kappa shape index (κ3) is 2.05. The summed E-state index contributed by atoms with van der Waals surface area (Å²) >= 11 is 0. The zero-order valence-electron chi connectivity index (χ0n) is 12.1. The van der Waals surface area contributed by atoms with E-state index in [-0.39, 0.29) is 0 Å². The van der Waals surface area contributed by atoms with Crippen LogP contribution in [0.5, 0.6) is 0 Å². The molecule has 0 amide bonds. The molecule has 0 fully saturated rings. The largest absolute Gasteiger partial charge is 0.299 e. The van der Waals surface area contributed by atoms with E-state index < -0.39 is 0 Å². The van der Waals surface area contributed by atoms with Crippen LogP contribution in [0.25, 0.3) is 28.3 Å². The van der Waals surface area contributed by atoms with E-state index >= 15 is 0 Å². The van der Waals surface area contributed by atoms with Crippen molar-refractivity contribution in [1.29, 1.82) is 0 Å². The molecule has 0 saturated carbocycles. The van der Waals surface area contributed by atoms with E-state index in [0.717, 1.165) is 34.0 Å². The lowest BCUT2D eigenvalue weighted by Crippen LogP contribution is -1.91. The van der Waals surface area contributed by atoms with Gasteiger partial charge in [-0.05, 0) is 43.3 Å². The van der Waals surface area contributed by atoms with E-state index in [1.54, 1.807) is 12.4 Å². The molecule has 0 aliphatic heterocycles. The number of fused-ring (bicyclic) bond motifs is 1. The molecule has 0 bridgehead atoms. The third-order valence-corrected chi connectivity index (χ3v) is 3.61. The third-order valence-electron chi connectivity index (χ3n) is 3.61. The molecule has 0 radical (unpaired) electrons. The van der Waals surface area contributed by atoms with Crippen LogP contribution in [0.1, 0.15) is 5.69 Å². The standard InChI is InChI=1S/C18H14N4/c1-13-5-4-6-15(20-13)17-18(14-8-10-19-11-9-14)22-12-3-2-7-16(22)21-17/h2-12H,1H3. The first-order chi connectivity index (χ1) is 10.8. The summed E-state index contributed by atoms with van der Waals surface area (Å²) in [6.45, 7) is 1.99. The van der Waals surface area contributed by atoms with Crippen molar-refractivity contribution >= 4 is 5.65 Å². The molecule has 4 aromatic heterocycles. The van der Waals surface area contributed by atoms with E-state index in [1.807, 2.05) is 61.7 Å². The number of nitrogens with zero attached hydrogens (tertiary/aromatic N) is 4. The van der Waals surface area contributed by atoms with Gasteiger partial charge in [0.1, 0.15) is 11.3 Å². The highest BCUT2D eigenvalue weighted by atomic mass is 15.0. The normalized spacial score (nSPS) is 11.0. The first kappa shape index (κ1) is 12.7. The second-order valence-corrected chi connectivity index (χ2v) is 5.14. The second-order valence-electron chi connectivity index (χ2n) is 5.14. The molecule has 0 spiro atoms. The summed E-state index contributed by atoms with van der Waals surface area (Å²) in [6, 6.07) is 16.0. The first-order valence-corrected chi connectivity index (χ1v) is 7.14. The molecule has 4 heteroatoms. The molecule has 0 atom stereocenters. The Balaban J connectivity index is 2.06. The number of pyridine rings is 3. The van der Waals surface area contributed by atoms with Crippen LogP contribution in [0.4, 0.5) is 0 Å². The van der Waals surface area contributed by atoms with Gasteiger partial charge in [-0.25, -0.2) is 4.98 Å². The van der Waals surface area contributed by atoms with Gasteiger partial charge in [0.2, 0.25) is 0 Å². The Hall–Kier alpha value is -3.01. The molecule has 22 heavy (non-hydrogen) atoms. The monoisotopic (exact) mass is 286 g/mol. The van der Waals surface area contributed by atoms with Crippen LogP contribution in [-0.4, -0.2) is 19.4 Å². The van der Waals surface area contributed by atoms with Crippen LogP contribution in [0, 0.1) is 6.92 Å². The van der Waals surface area contributed by atoms with Crippen molar-refractivity contribution in [3.63, 3.8) is 0 Å². The van der Waals surface area contributed by atoms with Crippen molar-refractivity contribution in [2.75, 3.05) is 0 Å². The summed E-state index contributed by atoms with van der Waals surface area (Å²) in [6.07, 6.45) is 5.62. The molecular weight excluding hydrogens is 272 g/mol. The minimum Gasteiger partial charge on any atom is -0.299 e. The minimum absolute atomic E-state index is 0.885. The van der Waals surface area contributed by atoms with E-state index in [4.69, 9.17) is 4.98 Å². The van der Waals surface area contributed by atoms with Crippen LogP contribution < -0.4 is 0 Å². The van der Waals surface area contributed by atoms with Crippen molar-refractivity contribution in [2.24, 2.45) is 0 Å². The van der Waals surface area contributed by atoms with Gasteiger partial charge in [-0.3, -0.25) is 14.4 Å². The van der Waals surface area contributed by atoms with Crippen molar-refractivity contribution in [3.05, 3.63) is 72.8 Å². The van der Waals surface area contributed by atoms with Crippen LogP contribution >= 0.6 is 0 Å². The Bertz CT molecular complexity index is 942. The van der Waals surface area contributed by atoms with Crippen LogP contribution in [0.3, 0.4) is 0 Å².